The van der Waals surface area contributed by atoms with E-state index in [2.05, 4.69) is 15.7 Å². The van der Waals surface area contributed by atoms with E-state index in [1.807, 2.05) is 26.8 Å². The molecule has 0 saturated carbocycles. The van der Waals surface area contributed by atoms with Crippen molar-refractivity contribution in [2.24, 2.45) is 5.84 Å². The van der Waals surface area contributed by atoms with Gasteiger partial charge in [-0.2, -0.15) is 0 Å². The molecule has 1 fully saturated rings. The molecule has 1 aromatic rings. The van der Waals surface area contributed by atoms with Crippen LogP contribution in [0.5, 0.6) is 0 Å². The lowest BCUT2D eigenvalue weighted by molar-refractivity contribution is 0.0712. The number of nitrogen functional groups attached to an aromatic ring is 1. The number of pyridine rings is 1. The molecule has 2 heterocycles. The molecule has 1 saturated heterocycles. The maximum absolute atomic E-state index is 12.4. The van der Waals surface area contributed by atoms with Gasteiger partial charge < -0.3 is 15.5 Å². The first kappa shape index (κ1) is 15.7. The maximum Gasteiger partial charge on any atom is 0.251 e. The van der Waals surface area contributed by atoms with E-state index in [1.54, 1.807) is 6.07 Å². The van der Waals surface area contributed by atoms with Gasteiger partial charge in [0.15, 0.2) is 0 Å². The topological polar surface area (TPSA) is 89.3 Å². The number of aromatic nitrogens is 1. The van der Waals surface area contributed by atoms with Gasteiger partial charge in [-0.15, -0.1) is 0 Å². The van der Waals surface area contributed by atoms with Crippen LogP contribution in [-0.2, 0) is 4.74 Å². The van der Waals surface area contributed by atoms with Gasteiger partial charge in [-0.25, -0.2) is 10.8 Å². The van der Waals surface area contributed by atoms with Crippen LogP contribution in [0.15, 0.2) is 12.1 Å². The minimum atomic E-state index is -0.126. The van der Waals surface area contributed by atoms with Crippen molar-refractivity contribution < 1.29 is 9.53 Å². The Morgan fingerprint density at radius 3 is 2.76 bits per heavy atom. The van der Waals surface area contributed by atoms with E-state index in [1.165, 1.54) is 0 Å². The number of anilines is 1. The summed E-state index contributed by atoms with van der Waals surface area (Å²) in [6, 6.07) is 3.46. The fourth-order valence-electron chi connectivity index (χ4n) is 2.43. The van der Waals surface area contributed by atoms with Crippen LogP contribution in [0.2, 0.25) is 0 Å². The molecule has 1 aliphatic heterocycles. The second-order valence-electron chi connectivity index (χ2n) is 5.78. The monoisotopic (exact) mass is 292 g/mol. The van der Waals surface area contributed by atoms with Crippen LogP contribution >= 0.6 is 0 Å². The molecule has 0 bridgehead atoms. The molecular weight excluding hydrogens is 268 g/mol. The molecule has 2 rings (SSSR count). The van der Waals surface area contributed by atoms with Gasteiger partial charge in [0.1, 0.15) is 5.82 Å². The van der Waals surface area contributed by atoms with Gasteiger partial charge in [0, 0.05) is 17.9 Å². The number of hydrogen-bond donors (Lipinski definition) is 3. The van der Waals surface area contributed by atoms with Gasteiger partial charge in [0.25, 0.3) is 5.91 Å². The zero-order valence-electron chi connectivity index (χ0n) is 12.8. The predicted octanol–water partition coefficient (Wildman–Crippen LogP) is 1.79. The first-order valence-electron chi connectivity index (χ1n) is 7.42. The van der Waals surface area contributed by atoms with Crippen molar-refractivity contribution in [3.8, 4) is 0 Å². The number of amides is 1. The molecule has 0 radical (unpaired) electrons. The van der Waals surface area contributed by atoms with E-state index in [9.17, 15) is 4.79 Å². The highest BCUT2D eigenvalue weighted by Crippen LogP contribution is 2.19. The second kappa shape index (κ2) is 6.87. The SMILES string of the molecule is CC(C)c1cc(C(=O)NC(C)C2CCCO2)cc(NN)n1. The summed E-state index contributed by atoms with van der Waals surface area (Å²) < 4.78 is 5.60. The Labute approximate surface area is 125 Å². The van der Waals surface area contributed by atoms with Crippen molar-refractivity contribution in [3.05, 3.63) is 23.4 Å². The van der Waals surface area contributed by atoms with Crippen LogP contribution in [0.25, 0.3) is 0 Å². The highest BCUT2D eigenvalue weighted by molar-refractivity contribution is 5.95. The number of nitrogens with two attached hydrogens (primary N) is 1. The normalized spacial score (nSPS) is 19.6. The third kappa shape index (κ3) is 3.92. The van der Waals surface area contributed by atoms with Crippen LogP contribution in [-0.4, -0.2) is 29.6 Å². The number of carbonyl (C=O) groups excluding carboxylic acids is 1. The average Bonchev–Trinajstić information content (AvgIpc) is 3.00. The minimum Gasteiger partial charge on any atom is -0.376 e. The molecule has 1 aliphatic rings. The summed E-state index contributed by atoms with van der Waals surface area (Å²) in [5.74, 6) is 6.02. The van der Waals surface area contributed by atoms with Crippen molar-refractivity contribution in [2.45, 2.75) is 51.7 Å². The van der Waals surface area contributed by atoms with Gasteiger partial charge in [-0.05, 0) is 37.8 Å². The molecule has 21 heavy (non-hydrogen) atoms. The summed E-state index contributed by atoms with van der Waals surface area (Å²) in [6.07, 6.45) is 2.15. The Balaban J connectivity index is 2.12. The number of nitrogens with zero attached hydrogens (tertiary/aromatic N) is 1. The van der Waals surface area contributed by atoms with Crippen molar-refractivity contribution in [1.29, 1.82) is 0 Å². The lowest BCUT2D eigenvalue weighted by Gasteiger charge is -2.20. The summed E-state index contributed by atoms with van der Waals surface area (Å²) in [6.45, 7) is 6.80. The number of rotatable bonds is 5. The van der Waals surface area contributed by atoms with E-state index < -0.39 is 0 Å². The molecule has 0 aliphatic carbocycles. The van der Waals surface area contributed by atoms with E-state index in [-0.39, 0.29) is 24.0 Å². The van der Waals surface area contributed by atoms with Gasteiger partial charge >= 0.3 is 0 Å². The summed E-state index contributed by atoms with van der Waals surface area (Å²) in [4.78, 5) is 16.7. The van der Waals surface area contributed by atoms with Crippen LogP contribution in [0.4, 0.5) is 5.82 Å². The van der Waals surface area contributed by atoms with E-state index >= 15 is 0 Å². The van der Waals surface area contributed by atoms with Crippen molar-refractivity contribution >= 4 is 11.7 Å². The zero-order chi connectivity index (χ0) is 15.4. The van der Waals surface area contributed by atoms with Gasteiger partial charge in [-0.3, -0.25) is 4.79 Å². The van der Waals surface area contributed by atoms with Crippen LogP contribution in [0, 0.1) is 0 Å². The number of ether oxygens (including phenoxy) is 1. The molecule has 1 amide bonds. The Kier molecular flexibility index (Phi) is 5.14. The molecular formula is C15H24N4O2. The fourth-order valence-corrected chi connectivity index (χ4v) is 2.43. The van der Waals surface area contributed by atoms with Gasteiger partial charge in [0.2, 0.25) is 0 Å². The molecule has 0 aromatic carbocycles. The third-order valence-corrected chi connectivity index (χ3v) is 3.73. The Morgan fingerprint density at radius 1 is 1.43 bits per heavy atom. The molecule has 4 N–H and O–H groups in total. The first-order valence-corrected chi connectivity index (χ1v) is 7.42. The number of nitrogens with one attached hydrogen (secondary N) is 2. The standard InChI is InChI=1S/C15H24N4O2/c1-9(2)12-7-11(8-14(18-12)19-16)15(20)17-10(3)13-5-4-6-21-13/h7-10,13H,4-6,16H2,1-3H3,(H,17,20)(H,18,19). The quantitative estimate of drug-likeness (QED) is 0.568. The highest BCUT2D eigenvalue weighted by atomic mass is 16.5. The summed E-state index contributed by atoms with van der Waals surface area (Å²) in [7, 11) is 0. The molecule has 6 heteroatoms. The fraction of sp³-hybridized carbons (Fsp3) is 0.600. The second-order valence-corrected chi connectivity index (χ2v) is 5.78. The van der Waals surface area contributed by atoms with E-state index in [0.29, 0.717) is 11.4 Å². The smallest absolute Gasteiger partial charge is 0.251 e. The predicted molar refractivity (Wildman–Crippen MR) is 82.0 cm³/mol. The number of hydrazine groups is 1. The molecule has 6 nitrogen and oxygen atoms in total. The van der Waals surface area contributed by atoms with E-state index in [4.69, 9.17) is 10.6 Å². The average molecular weight is 292 g/mol. The Morgan fingerprint density at radius 2 is 2.19 bits per heavy atom. The minimum absolute atomic E-state index is 0.00930. The molecule has 2 atom stereocenters. The Hall–Kier alpha value is -1.66. The summed E-state index contributed by atoms with van der Waals surface area (Å²) in [5, 5.41) is 3.00. The molecule has 116 valence electrons. The molecule has 2 unspecified atom stereocenters. The number of carbonyl (C=O) groups is 1. The first-order chi connectivity index (χ1) is 10.0. The van der Waals surface area contributed by atoms with Crippen molar-refractivity contribution in [2.75, 3.05) is 12.0 Å². The number of hydrogen-bond acceptors (Lipinski definition) is 5. The summed E-state index contributed by atoms with van der Waals surface area (Å²) >= 11 is 0. The summed E-state index contributed by atoms with van der Waals surface area (Å²) in [5.41, 5.74) is 3.91. The van der Waals surface area contributed by atoms with Crippen molar-refractivity contribution in [1.82, 2.24) is 10.3 Å². The third-order valence-electron chi connectivity index (χ3n) is 3.73. The van der Waals surface area contributed by atoms with Crippen LogP contribution < -0.4 is 16.6 Å². The van der Waals surface area contributed by atoms with E-state index in [0.717, 1.165) is 25.1 Å². The van der Waals surface area contributed by atoms with Crippen molar-refractivity contribution in [3.63, 3.8) is 0 Å². The van der Waals surface area contributed by atoms with Crippen LogP contribution in [0.1, 0.15) is 55.6 Å². The lowest BCUT2D eigenvalue weighted by Crippen LogP contribution is -2.40. The Bertz CT molecular complexity index is 498. The zero-order valence-corrected chi connectivity index (χ0v) is 12.8. The van der Waals surface area contributed by atoms with Crippen LogP contribution in [0.3, 0.4) is 0 Å². The van der Waals surface area contributed by atoms with Gasteiger partial charge in [0.05, 0.1) is 12.1 Å². The maximum atomic E-state index is 12.4. The highest BCUT2D eigenvalue weighted by Gasteiger charge is 2.24. The molecule has 1 aromatic heterocycles. The lowest BCUT2D eigenvalue weighted by atomic mass is 10.1. The molecule has 0 spiro atoms. The van der Waals surface area contributed by atoms with Gasteiger partial charge in [-0.1, -0.05) is 13.8 Å². The largest absolute Gasteiger partial charge is 0.376 e.